The fourth-order valence-electron chi connectivity index (χ4n) is 3.17. The zero-order valence-electron chi connectivity index (χ0n) is 16.6. The minimum absolute atomic E-state index is 0.0766. The SMILES string of the molecule is CC1(C)OB(C(F)=C2CCN(C(=O)c3ccc(CN=[N+]=[N-])s3)CC2)OC1(C)C. The van der Waals surface area contributed by atoms with Gasteiger partial charge in [-0.25, -0.2) is 4.39 Å². The van der Waals surface area contributed by atoms with Crippen molar-refractivity contribution in [1.82, 2.24) is 4.90 Å². The summed E-state index contributed by atoms with van der Waals surface area (Å²) in [5.74, 6) is -0.0766. The normalized spacial score (nSPS) is 20.8. The summed E-state index contributed by atoms with van der Waals surface area (Å²) in [6, 6.07) is 3.53. The molecular weight excluding hydrogens is 382 g/mol. The molecule has 10 heteroatoms. The molecule has 28 heavy (non-hydrogen) atoms. The summed E-state index contributed by atoms with van der Waals surface area (Å²) in [5, 5.41) is 3.51. The average Bonchev–Trinajstić information content (AvgIpc) is 3.21. The first kappa shape index (κ1) is 20.9. The predicted octanol–water partition coefficient (Wildman–Crippen LogP) is 4.65. The zero-order chi connectivity index (χ0) is 20.5. The molecule has 2 saturated heterocycles. The molecule has 7 nitrogen and oxygen atoms in total. The van der Waals surface area contributed by atoms with Crippen molar-refractivity contribution in [2.45, 2.75) is 58.3 Å². The van der Waals surface area contributed by atoms with Gasteiger partial charge in [-0.05, 0) is 63.8 Å². The molecule has 0 radical (unpaired) electrons. The lowest BCUT2D eigenvalue weighted by atomic mass is 9.82. The summed E-state index contributed by atoms with van der Waals surface area (Å²) >= 11 is 1.32. The summed E-state index contributed by atoms with van der Waals surface area (Å²) in [7, 11) is -0.984. The van der Waals surface area contributed by atoms with Gasteiger partial charge in [0.25, 0.3) is 5.91 Å². The van der Waals surface area contributed by atoms with Gasteiger partial charge in [0.05, 0.1) is 22.6 Å². The fraction of sp³-hybridized carbons (Fsp3) is 0.611. The molecule has 0 bridgehead atoms. The highest BCUT2D eigenvalue weighted by molar-refractivity contribution is 7.14. The highest BCUT2D eigenvalue weighted by Crippen LogP contribution is 2.40. The lowest BCUT2D eigenvalue weighted by Gasteiger charge is -2.32. The zero-order valence-corrected chi connectivity index (χ0v) is 17.4. The molecule has 0 unspecified atom stereocenters. The predicted molar refractivity (Wildman–Crippen MR) is 107 cm³/mol. The molecule has 3 heterocycles. The van der Waals surface area contributed by atoms with Crippen molar-refractivity contribution in [2.24, 2.45) is 5.11 Å². The van der Waals surface area contributed by atoms with Crippen LogP contribution >= 0.6 is 11.3 Å². The van der Waals surface area contributed by atoms with E-state index in [0.717, 1.165) is 4.88 Å². The van der Waals surface area contributed by atoms with Gasteiger partial charge in [-0.15, -0.1) is 11.3 Å². The monoisotopic (exact) mass is 406 g/mol. The van der Waals surface area contributed by atoms with E-state index in [0.29, 0.717) is 36.4 Å². The Bertz CT molecular complexity index is 822. The third-order valence-corrected chi connectivity index (χ3v) is 6.67. The van der Waals surface area contributed by atoms with Crippen LogP contribution in [0.4, 0.5) is 4.39 Å². The molecule has 2 aliphatic heterocycles. The topological polar surface area (TPSA) is 87.5 Å². The summed E-state index contributed by atoms with van der Waals surface area (Å²) in [6.45, 7) is 8.70. The number of rotatable bonds is 4. The quantitative estimate of drug-likeness (QED) is 0.316. The highest BCUT2D eigenvalue weighted by Gasteiger charge is 2.53. The first-order chi connectivity index (χ1) is 13.1. The van der Waals surface area contributed by atoms with Crippen molar-refractivity contribution in [1.29, 1.82) is 0 Å². The Hall–Kier alpha value is -1.87. The summed E-state index contributed by atoms with van der Waals surface area (Å²) in [5.41, 5.74) is 7.51. The molecule has 150 valence electrons. The minimum Gasteiger partial charge on any atom is -0.398 e. The van der Waals surface area contributed by atoms with E-state index >= 15 is 0 Å². The molecule has 0 atom stereocenters. The first-order valence-electron chi connectivity index (χ1n) is 9.26. The maximum Gasteiger partial charge on any atom is 0.525 e. The molecule has 2 aliphatic rings. The Labute approximate surface area is 168 Å². The number of hydrogen-bond donors (Lipinski definition) is 0. The van der Waals surface area contributed by atoms with Crippen LogP contribution in [0.2, 0.25) is 0 Å². The number of carbonyl (C=O) groups is 1. The van der Waals surface area contributed by atoms with Gasteiger partial charge in [-0.1, -0.05) is 5.11 Å². The molecule has 0 spiro atoms. The Morgan fingerprint density at radius 1 is 1.29 bits per heavy atom. The minimum atomic E-state index is -0.984. The number of hydrogen-bond acceptors (Lipinski definition) is 5. The summed E-state index contributed by atoms with van der Waals surface area (Å²) in [4.78, 5) is 18.6. The number of nitrogens with zero attached hydrogens (tertiary/aromatic N) is 4. The maximum absolute atomic E-state index is 14.9. The number of carbonyl (C=O) groups excluding carboxylic acids is 1. The third-order valence-electron chi connectivity index (χ3n) is 5.61. The largest absolute Gasteiger partial charge is 0.525 e. The second-order valence-electron chi connectivity index (χ2n) is 7.99. The number of thiophene rings is 1. The van der Waals surface area contributed by atoms with Crippen molar-refractivity contribution in [3.05, 3.63) is 43.6 Å². The van der Waals surface area contributed by atoms with E-state index in [2.05, 4.69) is 10.0 Å². The van der Waals surface area contributed by atoms with Gasteiger partial charge >= 0.3 is 7.12 Å². The number of piperidine rings is 1. The molecule has 0 N–H and O–H groups in total. The van der Waals surface area contributed by atoms with Gasteiger partial charge in [-0.2, -0.15) is 0 Å². The molecule has 2 fully saturated rings. The van der Waals surface area contributed by atoms with Gasteiger partial charge in [0.1, 0.15) is 5.73 Å². The van der Waals surface area contributed by atoms with E-state index in [9.17, 15) is 9.18 Å². The molecule has 1 aromatic rings. The van der Waals surface area contributed by atoms with E-state index in [1.807, 2.05) is 27.7 Å². The van der Waals surface area contributed by atoms with Gasteiger partial charge < -0.3 is 14.2 Å². The van der Waals surface area contributed by atoms with Crippen LogP contribution in [0, 0.1) is 0 Å². The van der Waals surface area contributed by atoms with Gasteiger partial charge in [0, 0.05) is 22.9 Å². The molecule has 3 rings (SSSR count). The summed E-state index contributed by atoms with van der Waals surface area (Å²) in [6.07, 6.45) is 0.914. The molecule has 0 aliphatic carbocycles. The Kier molecular flexibility index (Phi) is 5.86. The van der Waals surface area contributed by atoms with Crippen molar-refractivity contribution in [2.75, 3.05) is 13.1 Å². The van der Waals surface area contributed by atoms with E-state index in [1.165, 1.54) is 11.3 Å². The Morgan fingerprint density at radius 3 is 2.46 bits per heavy atom. The Balaban J connectivity index is 1.62. The van der Waals surface area contributed by atoms with Crippen LogP contribution in [0.3, 0.4) is 0 Å². The lowest BCUT2D eigenvalue weighted by Crippen LogP contribution is -2.41. The van der Waals surface area contributed by atoms with Crippen LogP contribution in [-0.2, 0) is 15.9 Å². The molecular formula is C18H24BFN4O3S. The van der Waals surface area contributed by atoms with Crippen LogP contribution in [0.25, 0.3) is 10.4 Å². The smallest absolute Gasteiger partial charge is 0.398 e. The van der Waals surface area contributed by atoms with E-state index in [1.54, 1.807) is 17.0 Å². The van der Waals surface area contributed by atoms with Crippen molar-refractivity contribution in [3.8, 4) is 0 Å². The van der Waals surface area contributed by atoms with E-state index < -0.39 is 18.3 Å². The number of amides is 1. The van der Waals surface area contributed by atoms with Crippen LogP contribution in [0.15, 0.2) is 28.5 Å². The van der Waals surface area contributed by atoms with Crippen molar-refractivity contribution >= 4 is 24.4 Å². The molecule has 0 aromatic carbocycles. The van der Waals surface area contributed by atoms with Gasteiger partial charge in [0.2, 0.25) is 0 Å². The highest BCUT2D eigenvalue weighted by atomic mass is 32.1. The van der Waals surface area contributed by atoms with Gasteiger partial charge in [-0.3, -0.25) is 4.79 Å². The molecule has 1 amide bonds. The van der Waals surface area contributed by atoms with Crippen LogP contribution in [0.5, 0.6) is 0 Å². The number of likely N-dealkylation sites (tertiary alicyclic amines) is 1. The second-order valence-corrected chi connectivity index (χ2v) is 9.16. The van der Waals surface area contributed by atoms with E-state index in [4.69, 9.17) is 14.8 Å². The first-order valence-corrected chi connectivity index (χ1v) is 10.1. The van der Waals surface area contributed by atoms with Crippen molar-refractivity contribution in [3.63, 3.8) is 0 Å². The second kappa shape index (κ2) is 7.87. The van der Waals surface area contributed by atoms with Crippen LogP contribution < -0.4 is 0 Å². The van der Waals surface area contributed by atoms with Gasteiger partial charge in [0.15, 0.2) is 0 Å². The summed E-state index contributed by atoms with van der Waals surface area (Å²) < 4.78 is 26.5. The van der Waals surface area contributed by atoms with E-state index in [-0.39, 0.29) is 18.2 Å². The fourth-order valence-corrected chi connectivity index (χ4v) is 4.06. The Morgan fingerprint density at radius 2 is 1.89 bits per heavy atom. The number of azide groups is 1. The van der Waals surface area contributed by atoms with Crippen LogP contribution in [-0.4, -0.2) is 42.2 Å². The standard InChI is InChI=1S/C18H24BFN4O3S/c1-17(2)18(3,4)27-19(26-17)15(20)12-7-9-24(10-8-12)16(25)14-6-5-13(28-14)11-22-23-21/h5-6H,7-11H2,1-4H3. The lowest BCUT2D eigenvalue weighted by molar-refractivity contribution is 0.00578. The van der Waals surface area contributed by atoms with Crippen LogP contribution in [0.1, 0.15) is 55.1 Å². The van der Waals surface area contributed by atoms with Crippen molar-refractivity contribution < 1.29 is 18.5 Å². The maximum atomic E-state index is 14.9. The number of halogens is 1. The average molecular weight is 406 g/mol. The molecule has 1 aromatic heterocycles. The molecule has 0 saturated carbocycles. The third kappa shape index (κ3) is 4.10.